The lowest BCUT2D eigenvalue weighted by atomic mass is 10.0. The molecule has 2 unspecified atom stereocenters. The van der Waals surface area contributed by atoms with Crippen LogP contribution in [-0.2, 0) is 4.74 Å². The molecule has 1 N–H and O–H groups in total. The second-order valence-corrected chi connectivity index (χ2v) is 4.95. The monoisotopic (exact) mass is 246 g/mol. The number of anilines is 1. The molecule has 0 aromatic carbocycles. The van der Waals surface area contributed by atoms with Crippen LogP contribution in [0.1, 0.15) is 18.9 Å². The Balaban J connectivity index is 1.79. The topological polar surface area (TPSA) is 51.5 Å². The molecular formula is C13H18N4O. The van der Waals surface area contributed by atoms with Crippen molar-refractivity contribution in [3.8, 4) is 0 Å². The second kappa shape index (κ2) is 4.57. The third-order valence-electron chi connectivity index (χ3n) is 3.60. The van der Waals surface area contributed by atoms with Crippen LogP contribution >= 0.6 is 0 Å². The van der Waals surface area contributed by atoms with E-state index in [1.165, 1.54) is 5.56 Å². The number of rotatable bonds is 3. The van der Waals surface area contributed by atoms with Crippen molar-refractivity contribution in [1.82, 2.24) is 14.6 Å². The number of fused-ring (bicyclic) bond motifs is 1. The Labute approximate surface area is 106 Å². The summed E-state index contributed by atoms with van der Waals surface area (Å²) in [7, 11) is 0. The van der Waals surface area contributed by atoms with Crippen molar-refractivity contribution in [1.29, 1.82) is 0 Å². The number of nitrogens with one attached hydrogen (secondary N) is 1. The van der Waals surface area contributed by atoms with E-state index in [1.807, 2.05) is 10.6 Å². The molecule has 0 bridgehead atoms. The summed E-state index contributed by atoms with van der Waals surface area (Å²) in [6.07, 6.45) is 3.05. The number of hydrogen-bond acceptors (Lipinski definition) is 4. The molecular weight excluding hydrogens is 228 g/mol. The van der Waals surface area contributed by atoms with Gasteiger partial charge >= 0.3 is 0 Å². The summed E-state index contributed by atoms with van der Waals surface area (Å²) in [6.45, 7) is 6.00. The first-order valence-electron chi connectivity index (χ1n) is 6.40. The highest BCUT2D eigenvalue weighted by atomic mass is 16.5. The molecule has 0 amide bonds. The fraction of sp³-hybridized carbons (Fsp3) is 0.538. The maximum absolute atomic E-state index is 5.58. The molecule has 0 aliphatic carbocycles. The second-order valence-electron chi connectivity index (χ2n) is 4.95. The lowest BCUT2D eigenvalue weighted by Crippen LogP contribution is -2.21. The van der Waals surface area contributed by atoms with Gasteiger partial charge in [0.25, 0.3) is 0 Å². The van der Waals surface area contributed by atoms with E-state index >= 15 is 0 Å². The summed E-state index contributed by atoms with van der Waals surface area (Å²) >= 11 is 0. The van der Waals surface area contributed by atoms with Crippen molar-refractivity contribution < 1.29 is 4.74 Å². The van der Waals surface area contributed by atoms with Crippen LogP contribution in [0.2, 0.25) is 0 Å². The Bertz CT molecular complexity index is 551. The molecule has 1 aliphatic rings. The van der Waals surface area contributed by atoms with Gasteiger partial charge in [-0.15, -0.1) is 0 Å². The maximum atomic E-state index is 5.58. The first kappa shape index (κ1) is 11.5. The van der Waals surface area contributed by atoms with Crippen LogP contribution in [0.3, 0.4) is 0 Å². The summed E-state index contributed by atoms with van der Waals surface area (Å²) in [5, 5.41) is 7.70. The predicted molar refractivity (Wildman–Crippen MR) is 69.7 cm³/mol. The molecule has 1 saturated heterocycles. The van der Waals surface area contributed by atoms with Gasteiger partial charge in [-0.3, -0.25) is 0 Å². The van der Waals surface area contributed by atoms with Gasteiger partial charge in [-0.25, -0.2) is 4.98 Å². The summed E-state index contributed by atoms with van der Waals surface area (Å²) in [5.74, 6) is 1.57. The highest BCUT2D eigenvalue weighted by molar-refractivity contribution is 5.51. The van der Waals surface area contributed by atoms with Crippen LogP contribution < -0.4 is 5.32 Å². The summed E-state index contributed by atoms with van der Waals surface area (Å²) in [4.78, 5) is 4.22. The molecule has 18 heavy (non-hydrogen) atoms. The van der Waals surface area contributed by atoms with E-state index in [1.54, 1.807) is 6.33 Å². The van der Waals surface area contributed by atoms with E-state index in [4.69, 9.17) is 4.74 Å². The number of ether oxygens (including phenoxy) is 1. The standard InChI is InChI=1S/C13H18N4O/c1-9-5-12(17-13(6-9)15-8-16-17)14-7-11-3-4-18-10(11)2/h5-6,8,10-11,14H,3-4,7H2,1-2H3. The van der Waals surface area contributed by atoms with E-state index in [0.717, 1.165) is 31.0 Å². The van der Waals surface area contributed by atoms with Crippen molar-refractivity contribution in [3.05, 3.63) is 24.0 Å². The molecule has 2 aromatic rings. The van der Waals surface area contributed by atoms with Crippen molar-refractivity contribution in [2.24, 2.45) is 5.92 Å². The highest BCUT2D eigenvalue weighted by Gasteiger charge is 2.23. The molecule has 96 valence electrons. The highest BCUT2D eigenvalue weighted by Crippen LogP contribution is 2.21. The fourth-order valence-corrected chi connectivity index (χ4v) is 2.46. The minimum Gasteiger partial charge on any atom is -0.378 e. The smallest absolute Gasteiger partial charge is 0.157 e. The van der Waals surface area contributed by atoms with Gasteiger partial charge in [0.05, 0.1) is 6.10 Å². The summed E-state index contributed by atoms with van der Waals surface area (Å²) in [6, 6.07) is 4.13. The van der Waals surface area contributed by atoms with Gasteiger partial charge in [0.2, 0.25) is 0 Å². The average Bonchev–Trinajstić information content (AvgIpc) is 2.94. The zero-order valence-electron chi connectivity index (χ0n) is 10.8. The number of aromatic nitrogens is 3. The van der Waals surface area contributed by atoms with Gasteiger partial charge in [0.15, 0.2) is 5.65 Å². The predicted octanol–water partition coefficient (Wildman–Crippen LogP) is 1.87. The van der Waals surface area contributed by atoms with Crippen molar-refractivity contribution in [2.75, 3.05) is 18.5 Å². The van der Waals surface area contributed by atoms with E-state index in [2.05, 4.69) is 35.3 Å². The average molecular weight is 246 g/mol. The summed E-state index contributed by atoms with van der Waals surface area (Å²) in [5.41, 5.74) is 2.07. The van der Waals surface area contributed by atoms with Gasteiger partial charge in [0, 0.05) is 19.1 Å². The van der Waals surface area contributed by atoms with Crippen LogP contribution in [0.15, 0.2) is 18.5 Å². The maximum Gasteiger partial charge on any atom is 0.157 e. The summed E-state index contributed by atoms with van der Waals surface area (Å²) < 4.78 is 7.42. The molecule has 2 atom stereocenters. The van der Waals surface area contributed by atoms with Gasteiger partial charge in [-0.2, -0.15) is 9.61 Å². The Kier molecular flexibility index (Phi) is 2.91. The fourth-order valence-electron chi connectivity index (χ4n) is 2.46. The van der Waals surface area contributed by atoms with Crippen LogP contribution in [0.4, 0.5) is 5.82 Å². The van der Waals surface area contributed by atoms with Crippen LogP contribution in [0.5, 0.6) is 0 Å². The molecule has 5 heteroatoms. The number of hydrogen-bond donors (Lipinski definition) is 1. The third-order valence-corrected chi connectivity index (χ3v) is 3.60. The van der Waals surface area contributed by atoms with Crippen LogP contribution in [0, 0.1) is 12.8 Å². The van der Waals surface area contributed by atoms with Crippen molar-refractivity contribution in [2.45, 2.75) is 26.4 Å². The van der Waals surface area contributed by atoms with Gasteiger partial charge < -0.3 is 10.1 Å². The van der Waals surface area contributed by atoms with E-state index < -0.39 is 0 Å². The number of aryl methyl sites for hydroxylation is 1. The Morgan fingerprint density at radius 1 is 1.50 bits per heavy atom. The van der Waals surface area contributed by atoms with Crippen LogP contribution in [-0.4, -0.2) is 33.9 Å². The lowest BCUT2D eigenvalue weighted by Gasteiger charge is -2.16. The third kappa shape index (κ3) is 2.06. The molecule has 3 rings (SSSR count). The van der Waals surface area contributed by atoms with Gasteiger partial charge in [-0.1, -0.05) is 0 Å². The zero-order chi connectivity index (χ0) is 12.5. The normalized spacial score (nSPS) is 23.7. The van der Waals surface area contributed by atoms with Crippen molar-refractivity contribution >= 4 is 11.5 Å². The Hall–Kier alpha value is -1.62. The largest absolute Gasteiger partial charge is 0.378 e. The first-order valence-corrected chi connectivity index (χ1v) is 6.40. The molecule has 0 saturated carbocycles. The molecule has 5 nitrogen and oxygen atoms in total. The van der Waals surface area contributed by atoms with E-state index in [-0.39, 0.29) is 0 Å². The Morgan fingerprint density at radius 3 is 3.17 bits per heavy atom. The minimum absolute atomic E-state index is 0.341. The van der Waals surface area contributed by atoms with Gasteiger partial charge in [0.1, 0.15) is 12.1 Å². The molecule has 3 heterocycles. The zero-order valence-corrected chi connectivity index (χ0v) is 10.8. The number of pyridine rings is 1. The molecule has 1 aliphatic heterocycles. The van der Waals surface area contributed by atoms with Crippen LogP contribution in [0.25, 0.3) is 5.65 Å². The quantitative estimate of drug-likeness (QED) is 0.898. The van der Waals surface area contributed by atoms with Gasteiger partial charge in [-0.05, 0) is 38.0 Å². The molecule has 0 spiro atoms. The van der Waals surface area contributed by atoms with E-state index in [0.29, 0.717) is 12.0 Å². The first-order chi connectivity index (χ1) is 8.74. The number of nitrogens with zero attached hydrogens (tertiary/aromatic N) is 3. The Morgan fingerprint density at radius 2 is 2.39 bits per heavy atom. The molecule has 0 radical (unpaired) electrons. The molecule has 2 aromatic heterocycles. The van der Waals surface area contributed by atoms with Crippen molar-refractivity contribution in [3.63, 3.8) is 0 Å². The lowest BCUT2D eigenvalue weighted by molar-refractivity contribution is 0.108. The molecule has 1 fully saturated rings. The SMILES string of the molecule is Cc1cc(NCC2CCOC2C)n2ncnc2c1. The minimum atomic E-state index is 0.341. The van der Waals surface area contributed by atoms with E-state index in [9.17, 15) is 0 Å².